The molecule has 2 rings (SSSR count). The lowest BCUT2D eigenvalue weighted by Gasteiger charge is -2.43. The van der Waals surface area contributed by atoms with Gasteiger partial charge < -0.3 is 14.5 Å². The quantitative estimate of drug-likeness (QED) is 0.873. The first kappa shape index (κ1) is 13.6. The van der Waals surface area contributed by atoms with E-state index in [-0.39, 0.29) is 5.60 Å². The highest BCUT2D eigenvalue weighted by Crippen LogP contribution is 2.37. The normalized spacial score (nSPS) is 30.3. The summed E-state index contributed by atoms with van der Waals surface area (Å²) in [5.41, 5.74) is -0.0337. The van der Waals surface area contributed by atoms with Crippen molar-refractivity contribution in [1.82, 2.24) is 5.32 Å². The Labute approximate surface area is 110 Å². The Morgan fingerprint density at radius 2 is 2.22 bits per heavy atom. The van der Waals surface area contributed by atoms with Gasteiger partial charge in [0.1, 0.15) is 5.76 Å². The zero-order chi connectivity index (χ0) is 13.0. The Bertz CT molecular complexity index is 339. The second kappa shape index (κ2) is 5.89. The Morgan fingerprint density at radius 1 is 1.50 bits per heavy atom. The van der Waals surface area contributed by atoms with E-state index in [2.05, 4.69) is 12.2 Å². The Hall–Kier alpha value is -0.800. The van der Waals surface area contributed by atoms with Crippen LogP contribution in [0.2, 0.25) is 0 Å². The fraction of sp³-hybridized carbons (Fsp3) is 0.733. The van der Waals surface area contributed by atoms with Gasteiger partial charge in [-0.25, -0.2) is 0 Å². The topological polar surface area (TPSA) is 34.4 Å². The van der Waals surface area contributed by atoms with Crippen LogP contribution in [0.4, 0.5) is 0 Å². The number of hydrogen-bond donors (Lipinski definition) is 1. The summed E-state index contributed by atoms with van der Waals surface area (Å²) in [5.74, 6) is 1.86. The van der Waals surface area contributed by atoms with E-state index in [1.165, 1.54) is 12.8 Å². The van der Waals surface area contributed by atoms with Crippen LogP contribution < -0.4 is 5.32 Å². The molecule has 1 aromatic rings. The van der Waals surface area contributed by atoms with Crippen LogP contribution >= 0.6 is 0 Å². The van der Waals surface area contributed by atoms with Crippen molar-refractivity contribution < 1.29 is 9.15 Å². The lowest BCUT2D eigenvalue weighted by atomic mass is 9.74. The van der Waals surface area contributed by atoms with Gasteiger partial charge in [-0.15, -0.1) is 0 Å². The molecule has 0 bridgehead atoms. The highest BCUT2D eigenvalue weighted by molar-refractivity contribution is 5.06. The van der Waals surface area contributed by atoms with E-state index in [4.69, 9.17) is 9.15 Å². The van der Waals surface area contributed by atoms with Crippen LogP contribution in [-0.2, 0) is 11.2 Å². The van der Waals surface area contributed by atoms with Crippen molar-refractivity contribution in [1.29, 1.82) is 0 Å². The maximum atomic E-state index is 5.92. The third-order valence-electron chi connectivity index (χ3n) is 4.50. The maximum Gasteiger partial charge on any atom is 0.105 e. The standard InChI is InChI=1S/C15H25NO2/c1-12-6-8-15(17-3,9-7-12)14(16-2)11-13-5-4-10-18-13/h4-5,10,12,14,16H,6-9,11H2,1-3H3. The van der Waals surface area contributed by atoms with E-state index >= 15 is 0 Å². The highest BCUT2D eigenvalue weighted by Gasteiger charge is 2.41. The first-order chi connectivity index (χ1) is 8.70. The molecule has 3 heteroatoms. The number of likely N-dealkylation sites (N-methyl/N-ethyl adjacent to an activating group) is 1. The third kappa shape index (κ3) is 2.78. The Balaban J connectivity index is 2.08. The van der Waals surface area contributed by atoms with Crippen molar-refractivity contribution in [2.45, 2.75) is 50.7 Å². The molecule has 0 radical (unpaired) electrons. The van der Waals surface area contributed by atoms with Crippen molar-refractivity contribution >= 4 is 0 Å². The van der Waals surface area contributed by atoms with E-state index in [0.29, 0.717) is 6.04 Å². The summed E-state index contributed by atoms with van der Waals surface area (Å²) in [7, 11) is 3.87. The van der Waals surface area contributed by atoms with Crippen LogP contribution in [0.3, 0.4) is 0 Å². The first-order valence-electron chi connectivity index (χ1n) is 6.95. The third-order valence-corrected chi connectivity index (χ3v) is 4.50. The summed E-state index contributed by atoms with van der Waals surface area (Å²) in [6.45, 7) is 2.33. The SMILES string of the molecule is CNC(Cc1ccco1)C1(OC)CCC(C)CC1. The second-order valence-corrected chi connectivity index (χ2v) is 5.58. The van der Waals surface area contributed by atoms with Gasteiger partial charge in [0.15, 0.2) is 0 Å². The van der Waals surface area contributed by atoms with Gasteiger partial charge in [0.25, 0.3) is 0 Å². The highest BCUT2D eigenvalue weighted by atomic mass is 16.5. The number of furan rings is 1. The number of methoxy groups -OCH3 is 1. The van der Waals surface area contributed by atoms with Gasteiger partial charge in [-0.3, -0.25) is 0 Å². The summed E-state index contributed by atoms with van der Waals surface area (Å²) in [6.07, 6.45) is 7.41. The summed E-state index contributed by atoms with van der Waals surface area (Å²) in [4.78, 5) is 0. The molecule has 1 saturated carbocycles. The van der Waals surface area contributed by atoms with Crippen LogP contribution in [0.1, 0.15) is 38.4 Å². The molecule has 0 spiro atoms. The predicted molar refractivity (Wildman–Crippen MR) is 72.6 cm³/mol. The van der Waals surface area contributed by atoms with Crippen molar-refractivity contribution in [3.8, 4) is 0 Å². The molecule has 1 N–H and O–H groups in total. The minimum absolute atomic E-state index is 0.0337. The van der Waals surface area contributed by atoms with Gasteiger partial charge in [0, 0.05) is 19.6 Å². The van der Waals surface area contributed by atoms with Crippen molar-refractivity contribution in [2.24, 2.45) is 5.92 Å². The zero-order valence-electron chi connectivity index (χ0n) is 11.7. The molecule has 1 aromatic heterocycles. The molecule has 0 aromatic carbocycles. The average molecular weight is 251 g/mol. The van der Waals surface area contributed by atoms with Gasteiger partial charge in [-0.2, -0.15) is 0 Å². The van der Waals surface area contributed by atoms with E-state index < -0.39 is 0 Å². The van der Waals surface area contributed by atoms with Gasteiger partial charge in [0.2, 0.25) is 0 Å². The van der Waals surface area contributed by atoms with Gasteiger partial charge in [-0.1, -0.05) is 6.92 Å². The minimum Gasteiger partial charge on any atom is -0.469 e. The molecule has 1 unspecified atom stereocenters. The van der Waals surface area contributed by atoms with Crippen LogP contribution in [0.15, 0.2) is 22.8 Å². The molecule has 0 amide bonds. The molecule has 18 heavy (non-hydrogen) atoms. The largest absolute Gasteiger partial charge is 0.469 e. The molecular formula is C15H25NO2. The predicted octanol–water partition coefficient (Wildman–Crippen LogP) is 3.01. The van der Waals surface area contributed by atoms with Crippen molar-refractivity contribution in [2.75, 3.05) is 14.2 Å². The zero-order valence-corrected chi connectivity index (χ0v) is 11.7. The first-order valence-corrected chi connectivity index (χ1v) is 6.95. The number of rotatable bonds is 5. The number of hydrogen-bond acceptors (Lipinski definition) is 3. The van der Waals surface area contributed by atoms with Crippen molar-refractivity contribution in [3.05, 3.63) is 24.2 Å². The molecule has 1 aliphatic carbocycles. The van der Waals surface area contributed by atoms with Crippen LogP contribution in [0.25, 0.3) is 0 Å². The summed E-state index contributed by atoms with van der Waals surface area (Å²) >= 11 is 0. The molecule has 1 heterocycles. The minimum atomic E-state index is -0.0337. The van der Waals surface area contributed by atoms with E-state index in [0.717, 1.165) is 30.9 Å². The van der Waals surface area contributed by atoms with E-state index in [1.807, 2.05) is 26.3 Å². The molecule has 0 saturated heterocycles. The van der Waals surface area contributed by atoms with Gasteiger partial charge in [0.05, 0.1) is 11.9 Å². The molecule has 1 aliphatic rings. The average Bonchev–Trinajstić information content (AvgIpc) is 2.90. The number of nitrogens with one attached hydrogen (secondary N) is 1. The molecule has 0 aliphatic heterocycles. The molecule has 3 nitrogen and oxygen atoms in total. The van der Waals surface area contributed by atoms with Gasteiger partial charge in [-0.05, 0) is 50.8 Å². The number of ether oxygens (including phenoxy) is 1. The lowest BCUT2D eigenvalue weighted by molar-refractivity contribution is -0.0739. The van der Waals surface area contributed by atoms with E-state index in [1.54, 1.807) is 6.26 Å². The van der Waals surface area contributed by atoms with Gasteiger partial charge >= 0.3 is 0 Å². The fourth-order valence-corrected chi connectivity index (χ4v) is 3.13. The van der Waals surface area contributed by atoms with Crippen LogP contribution in [0, 0.1) is 5.92 Å². The van der Waals surface area contributed by atoms with Crippen LogP contribution in [-0.4, -0.2) is 25.8 Å². The second-order valence-electron chi connectivity index (χ2n) is 5.58. The lowest BCUT2D eigenvalue weighted by Crippen LogP contribution is -2.53. The Kier molecular flexibility index (Phi) is 4.46. The smallest absolute Gasteiger partial charge is 0.105 e. The fourth-order valence-electron chi connectivity index (χ4n) is 3.13. The van der Waals surface area contributed by atoms with E-state index in [9.17, 15) is 0 Å². The summed E-state index contributed by atoms with van der Waals surface area (Å²) < 4.78 is 11.4. The molecule has 1 fully saturated rings. The molecule has 1 atom stereocenters. The maximum absolute atomic E-state index is 5.92. The summed E-state index contributed by atoms with van der Waals surface area (Å²) in [6, 6.07) is 4.31. The molecule has 102 valence electrons. The molecular weight excluding hydrogens is 226 g/mol. The monoisotopic (exact) mass is 251 g/mol. The Morgan fingerprint density at radius 3 is 2.72 bits per heavy atom. The summed E-state index contributed by atoms with van der Waals surface area (Å²) in [5, 5.41) is 3.43. The van der Waals surface area contributed by atoms with Crippen molar-refractivity contribution in [3.63, 3.8) is 0 Å². The van der Waals surface area contributed by atoms with Crippen LogP contribution in [0.5, 0.6) is 0 Å².